The van der Waals surface area contributed by atoms with Gasteiger partial charge in [-0.05, 0) is 37.5 Å². The first-order valence-electron chi connectivity index (χ1n) is 9.18. The van der Waals surface area contributed by atoms with Crippen LogP contribution in [0.4, 0.5) is 11.5 Å². The number of hydrogen-bond donors (Lipinski definition) is 2. The summed E-state index contributed by atoms with van der Waals surface area (Å²) < 4.78 is 2.26. The summed E-state index contributed by atoms with van der Waals surface area (Å²) in [7, 11) is 2.15. The van der Waals surface area contributed by atoms with Crippen LogP contribution in [0.2, 0.25) is 5.02 Å². The molecule has 2 aromatic heterocycles. The van der Waals surface area contributed by atoms with Gasteiger partial charge in [0.25, 0.3) is 5.91 Å². The molecular weight excluding hydrogens is 362 g/mol. The second-order valence-corrected chi connectivity index (χ2v) is 7.64. The van der Waals surface area contributed by atoms with Crippen molar-refractivity contribution in [2.24, 2.45) is 0 Å². The van der Waals surface area contributed by atoms with Crippen LogP contribution in [0.15, 0.2) is 36.5 Å². The van der Waals surface area contributed by atoms with E-state index in [0.29, 0.717) is 22.4 Å². The number of anilines is 2. The fourth-order valence-corrected chi connectivity index (χ4v) is 3.95. The highest BCUT2D eigenvalue weighted by Crippen LogP contribution is 2.38. The van der Waals surface area contributed by atoms with Crippen LogP contribution in [0.5, 0.6) is 0 Å². The van der Waals surface area contributed by atoms with Gasteiger partial charge in [0.15, 0.2) is 5.82 Å². The zero-order valence-corrected chi connectivity index (χ0v) is 15.8. The average molecular weight is 382 g/mol. The molecule has 2 N–H and O–H groups in total. The SMILES string of the molecule is CN(c1cc2n(c1)CCc1c(NC(=O)c3ccccc3Cl)n[nH]c1-2)C1CC1. The highest BCUT2D eigenvalue weighted by atomic mass is 35.5. The molecule has 0 atom stereocenters. The normalized spacial score (nSPS) is 15.2. The molecule has 0 bridgehead atoms. The van der Waals surface area contributed by atoms with Gasteiger partial charge in [0.2, 0.25) is 0 Å². The number of amides is 1. The van der Waals surface area contributed by atoms with Crippen LogP contribution in [-0.2, 0) is 13.0 Å². The number of halogens is 1. The molecule has 1 aromatic carbocycles. The highest BCUT2D eigenvalue weighted by Gasteiger charge is 2.29. The van der Waals surface area contributed by atoms with E-state index in [2.05, 4.69) is 44.3 Å². The van der Waals surface area contributed by atoms with E-state index < -0.39 is 0 Å². The number of hydrogen-bond acceptors (Lipinski definition) is 3. The highest BCUT2D eigenvalue weighted by molar-refractivity contribution is 6.34. The summed E-state index contributed by atoms with van der Waals surface area (Å²) in [6.45, 7) is 0.870. The van der Waals surface area contributed by atoms with Crippen molar-refractivity contribution in [2.45, 2.75) is 31.8 Å². The zero-order valence-electron chi connectivity index (χ0n) is 15.0. The molecule has 1 saturated carbocycles. The topological polar surface area (TPSA) is 65.9 Å². The van der Waals surface area contributed by atoms with Crippen molar-refractivity contribution < 1.29 is 4.79 Å². The minimum atomic E-state index is -0.245. The van der Waals surface area contributed by atoms with E-state index >= 15 is 0 Å². The van der Waals surface area contributed by atoms with E-state index in [4.69, 9.17) is 11.6 Å². The van der Waals surface area contributed by atoms with Gasteiger partial charge in [0, 0.05) is 31.4 Å². The molecule has 1 aliphatic heterocycles. The van der Waals surface area contributed by atoms with Crippen molar-refractivity contribution in [2.75, 3.05) is 17.3 Å². The summed E-state index contributed by atoms with van der Waals surface area (Å²) in [5.74, 6) is 0.337. The van der Waals surface area contributed by atoms with Gasteiger partial charge in [-0.25, -0.2) is 0 Å². The minimum Gasteiger partial charge on any atom is -0.370 e. The molecule has 27 heavy (non-hydrogen) atoms. The number of nitrogens with zero attached hydrogens (tertiary/aromatic N) is 3. The van der Waals surface area contributed by atoms with Crippen molar-refractivity contribution in [1.82, 2.24) is 14.8 Å². The molecule has 0 spiro atoms. The van der Waals surface area contributed by atoms with Gasteiger partial charge in [0.1, 0.15) is 0 Å². The molecule has 3 heterocycles. The smallest absolute Gasteiger partial charge is 0.258 e. The Morgan fingerprint density at radius 2 is 2.19 bits per heavy atom. The van der Waals surface area contributed by atoms with E-state index in [1.807, 2.05) is 0 Å². The van der Waals surface area contributed by atoms with E-state index in [9.17, 15) is 4.79 Å². The Hall–Kier alpha value is -2.73. The Morgan fingerprint density at radius 3 is 2.96 bits per heavy atom. The number of rotatable bonds is 4. The Labute approximate surface area is 162 Å². The predicted molar refractivity (Wildman–Crippen MR) is 107 cm³/mol. The summed E-state index contributed by atoms with van der Waals surface area (Å²) >= 11 is 6.14. The molecule has 0 saturated heterocycles. The van der Waals surface area contributed by atoms with Gasteiger partial charge >= 0.3 is 0 Å². The number of aryl methyl sites for hydroxylation is 1. The number of nitrogens with one attached hydrogen (secondary N) is 2. The first-order valence-corrected chi connectivity index (χ1v) is 9.56. The van der Waals surface area contributed by atoms with Gasteiger partial charge in [-0.1, -0.05) is 23.7 Å². The number of carbonyl (C=O) groups is 1. The molecule has 5 rings (SSSR count). The molecule has 2 aliphatic rings. The lowest BCUT2D eigenvalue weighted by molar-refractivity contribution is 0.102. The van der Waals surface area contributed by atoms with Gasteiger partial charge < -0.3 is 14.8 Å². The summed E-state index contributed by atoms with van der Waals surface area (Å²) in [5.41, 5.74) is 4.82. The minimum absolute atomic E-state index is 0.245. The molecule has 0 unspecified atom stereocenters. The second-order valence-electron chi connectivity index (χ2n) is 7.23. The maximum atomic E-state index is 12.6. The fourth-order valence-electron chi connectivity index (χ4n) is 3.73. The van der Waals surface area contributed by atoms with Gasteiger partial charge in [0.05, 0.1) is 27.7 Å². The maximum Gasteiger partial charge on any atom is 0.258 e. The molecule has 0 radical (unpaired) electrons. The first kappa shape index (κ1) is 16.4. The largest absolute Gasteiger partial charge is 0.370 e. The molecule has 6 nitrogen and oxygen atoms in total. The number of aromatic nitrogens is 3. The summed E-state index contributed by atoms with van der Waals surface area (Å²) in [6.07, 6.45) is 5.56. The molecule has 1 amide bonds. The maximum absolute atomic E-state index is 12.6. The molecule has 7 heteroatoms. The second kappa shape index (κ2) is 6.16. The van der Waals surface area contributed by atoms with Crippen molar-refractivity contribution in [1.29, 1.82) is 0 Å². The Balaban J connectivity index is 1.44. The van der Waals surface area contributed by atoms with Gasteiger partial charge in [-0.15, -0.1) is 0 Å². The monoisotopic (exact) mass is 381 g/mol. The predicted octanol–water partition coefficient (Wildman–Crippen LogP) is 3.94. The van der Waals surface area contributed by atoms with Crippen molar-refractivity contribution >= 4 is 29.0 Å². The molecule has 3 aromatic rings. The molecule has 1 fully saturated rings. The average Bonchev–Trinajstić information content (AvgIpc) is 3.30. The van der Waals surface area contributed by atoms with E-state index in [-0.39, 0.29) is 5.91 Å². The summed E-state index contributed by atoms with van der Waals surface area (Å²) in [6, 6.07) is 9.89. The van der Waals surface area contributed by atoms with Gasteiger partial charge in [-0.3, -0.25) is 9.89 Å². The van der Waals surface area contributed by atoms with E-state index in [1.54, 1.807) is 24.3 Å². The molecule has 1 aliphatic carbocycles. The fraction of sp³-hybridized carbons (Fsp3) is 0.300. The lowest BCUT2D eigenvalue weighted by atomic mass is 10.1. The number of H-pyrrole nitrogens is 1. The van der Waals surface area contributed by atoms with Crippen LogP contribution in [0, 0.1) is 0 Å². The van der Waals surface area contributed by atoms with Crippen LogP contribution < -0.4 is 10.2 Å². The molecule has 138 valence electrons. The number of benzene rings is 1. The van der Waals surface area contributed by atoms with Crippen molar-refractivity contribution in [3.8, 4) is 11.4 Å². The summed E-state index contributed by atoms with van der Waals surface area (Å²) in [4.78, 5) is 14.9. The summed E-state index contributed by atoms with van der Waals surface area (Å²) in [5, 5.41) is 10.8. The van der Waals surface area contributed by atoms with Crippen LogP contribution in [0.3, 0.4) is 0 Å². The van der Waals surface area contributed by atoms with Crippen LogP contribution in [0.25, 0.3) is 11.4 Å². The third-order valence-corrected chi connectivity index (χ3v) is 5.79. The van der Waals surface area contributed by atoms with Gasteiger partial charge in [-0.2, -0.15) is 5.10 Å². The zero-order chi connectivity index (χ0) is 18.5. The standard InChI is InChI=1S/C20H20ClN5O/c1-25(12-6-7-12)13-10-17-18-15(8-9-26(17)11-13)19(24-23-18)22-20(27)14-4-2-3-5-16(14)21/h2-5,10-12H,6-9H2,1H3,(H2,22,23,24,27). The van der Waals surface area contributed by atoms with Crippen LogP contribution in [-0.4, -0.2) is 33.8 Å². The van der Waals surface area contributed by atoms with E-state index in [0.717, 1.165) is 29.9 Å². The van der Waals surface area contributed by atoms with Crippen LogP contribution in [0.1, 0.15) is 28.8 Å². The lowest BCUT2D eigenvalue weighted by Crippen LogP contribution is -2.18. The number of aromatic amines is 1. The third-order valence-electron chi connectivity index (χ3n) is 5.46. The number of fused-ring (bicyclic) bond motifs is 3. The van der Waals surface area contributed by atoms with Crippen molar-refractivity contribution in [3.63, 3.8) is 0 Å². The van der Waals surface area contributed by atoms with Crippen molar-refractivity contribution in [3.05, 3.63) is 52.7 Å². The molecular formula is C20H20ClN5O. The Morgan fingerprint density at radius 1 is 1.37 bits per heavy atom. The Kier molecular flexibility index (Phi) is 3.75. The third kappa shape index (κ3) is 2.80. The quantitative estimate of drug-likeness (QED) is 0.719. The Bertz CT molecular complexity index is 1030. The van der Waals surface area contributed by atoms with E-state index in [1.165, 1.54) is 18.5 Å². The number of carbonyl (C=O) groups excluding carboxylic acids is 1. The lowest BCUT2D eigenvalue weighted by Gasteiger charge is -2.16. The first-order chi connectivity index (χ1) is 13.1. The van der Waals surface area contributed by atoms with Crippen LogP contribution >= 0.6 is 11.6 Å².